The van der Waals surface area contributed by atoms with Crippen molar-refractivity contribution in [1.82, 2.24) is 0 Å². The van der Waals surface area contributed by atoms with Gasteiger partial charge in [0.2, 0.25) is 0 Å². The Kier molecular flexibility index (Phi) is 5.34. The molecular weight excluding hydrogens is 341 g/mol. The molecule has 5 nitrogen and oxygen atoms in total. The van der Waals surface area contributed by atoms with Crippen LogP contribution in [0.25, 0.3) is 11.1 Å². The first-order valence-electron chi connectivity index (χ1n) is 7.47. The van der Waals surface area contributed by atoms with Gasteiger partial charge in [-0.25, -0.2) is 9.74 Å². The van der Waals surface area contributed by atoms with Gasteiger partial charge in [0.15, 0.2) is 0 Å². The maximum absolute atomic E-state index is 12.5. The number of nitrogens with zero attached hydrogens (tertiary/aromatic N) is 1. The highest BCUT2D eigenvalue weighted by Crippen LogP contribution is 2.36. The van der Waals surface area contributed by atoms with Crippen LogP contribution in [0.2, 0.25) is 19.6 Å². The normalized spacial score (nSPS) is 10.6. The van der Waals surface area contributed by atoms with Crippen molar-refractivity contribution in [2.45, 2.75) is 19.6 Å². The van der Waals surface area contributed by atoms with Crippen molar-refractivity contribution in [2.75, 3.05) is 0 Å². The summed E-state index contributed by atoms with van der Waals surface area (Å²) in [6.07, 6.45) is 0. The van der Waals surface area contributed by atoms with Gasteiger partial charge in [0, 0.05) is 4.53 Å². The molecule has 0 aliphatic carbocycles. The Labute approximate surface area is 145 Å². The number of hydrogen-bond donors (Lipinski definition) is 0. The molecule has 0 aliphatic heterocycles. The fourth-order valence-electron chi connectivity index (χ4n) is 2.25. The van der Waals surface area contributed by atoms with Crippen molar-refractivity contribution in [3.63, 3.8) is 0 Å². The van der Waals surface area contributed by atoms with Crippen molar-refractivity contribution >= 4 is 19.7 Å². The summed E-state index contributed by atoms with van der Waals surface area (Å²) in [6.45, 7) is 6.04. The monoisotopic (exact) mass is 357 g/mol. The summed E-state index contributed by atoms with van der Waals surface area (Å²) in [4.78, 5) is 26.2. The molecule has 128 valence electrons. The van der Waals surface area contributed by atoms with Gasteiger partial charge in [-0.05, 0) is 17.7 Å². The molecule has 0 heterocycles. The first-order chi connectivity index (χ1) is 11.7. The highest BCUT2D eigenvalue weighted by atomic mass is 28.3. The van der Waals surface area contributed by atoms with E-state index in [2.05, 4.69) is 16.4 Å². The van der Waals surface area contributed by atoms with Gasteiger partial charge in [0.1, 0.15) is 13.6 Å². The molecule has 0 fully saturated rings. The van der Waals surface area contributed by atoms with E-state index >= 15 is 0 Å². The molecule has 0 spiro atoms. The van der Waals surface area contributed by atoms with Gasteiger partial charge in [0.25, 0.3) is 5.69 Å². The lowest BCUT2D eigenvalue weighted by Crippen LogP contribution is -2.16. The van der Waals surface area contributed by atoms with E-state index in [0.717, 1.165) is 0 Å². The molecule has 0 amide bonds. The van der Waals surface area contributed by atoms with Gasteiger partial charge in [-0.3, -0.25) is 10.1 Å². The van der Waals surface area contributed by atoms with E-state index in [1.54, 1.807) is 30.3 Å². The van der Waals surface area contributed by atoms with Gasteiger partial charge < -0.3 is 0 Å². The van der Waals surface area contributed by atoms with Crippen LogP contribution in [-0.2, 0) is 4.94 Å². The van der Waals surface area contributed by atoms with E-state index in [4.69, 9.17) is 0 Å². The Morgan fingerprint density at radius 1 is 1.16 bits per heavy atom. The first kappa shape index (κ1) is 18.4. The third-order valence-corrected chi connectivity index (χ3v) is 4.16. The van der Waals surface area contributed by atoms with Gasteiger partial charge in [-0.1, -0.05) is 55.9 Å². The second-order valence-electron chi connectivity index (χ2n) is 6.37. The number of benzene rings is 2. The number of hydrogen-bond acceptors (Lipinski definition) is 4. The molecule has 2 aromatic carbocycles. The maximum atomic E-state index is 12.5. The fourth-order valence-corrected chi connectivity index (χ4v) is 2.75. The standard InChI is InChI=1S/C18H16FNO4Si/c1-25(2,3)12-11-14-9-10-15(18(21)24-19)16(17(14)20(22)23)13-7-5-4-6-8-13/h4-10H,1-3H3. The molecular formula is C18H16FNO4Si. The topological polar surface area (TPSA) is 69.4 Å². The average Bonchev–Trinajstić information content (AvgIpc) is 2.58. The van der Waals surface area contributed by atoms with Crippen molar-refractivity contribution in [2.24, 2.45) is 0 Å². The summed E-state index contributed by atoms with van der Waals surface area (Å²) >= 11 is 0. The zero-order valence-corrected chi connectivity index (χ0v) is 15.0. The molecule has 2 rings (SSSR count). The smallest absolute Gasteiger partial charge is 0.258 e. The van der Waals surface area contributed by atoms with Crippen LogP contribution >= 0.6 is 0 Å². The number of carbonyl (C=O) groups excluding carboxylic acids is 1. The zero-order valence-electron chi connectivity index (χ0n) is 14.0. The van der Waals surface area contributed by atoms with Crippen LogP contribution < -0.4 is 0 Å². The van der Waals surface area contributed by atoms with Crippen LogP contribution in [0.1, 0.15) is 15.9 Å². The summed E-state index contributed by atoms with van der Waals surface area (Å²) < 4.78 is 12.5. The quantitative estimate of drug-likeness (QED) is 0.350. The summed E-state index contributed by atoms with van der Waals surface area (Å²) in [6, 6.07) is 10.9. The lowest BCUT2D eigenvalue weighted by atomic mass is 9.95. The van der Waals surface area contributed by atoms with E-state index in [1.165, 1.54) is 12.1 Å². The molecule has 0 saturated heterocycles. The number of halogens is 1. The maximum Gasteiger partial charge on any atom is 0.380 e. The molecule has 25 heavy (non-hydrogen) atoms. The molecule has 0 unspecified atom stereocenters. The molecule has 0 aromatic heterocycles. The second kappa shape index (κ2) is 7.28. The van der Waals surface area contributed by atoms with Crippen LogP contribution in [0.5, 0.6) is 0 Å². The minimum absolute atomic E-state index is 0.00405. The van der Waals surface area contributed by atoms with Crippen LogP contribution in [0, 0.1) is 21.6 Å². The Balaban J connectivity index is 2.85. The number of nitro benzene ring substituents is 1. The Hall–Kier alpha value is -2.98. The minimum atomic E-state index is -1.77. The van der Waals surface area contributed by atoms with Crippen LogP contribution in [0.3, 0.4) is 0 Å². The predicted molar refractivity (Wildman–Crippen MR) is 95.3 cm³/mol. The summed E-state index contributed by atoms with van der Waals surface area (Å²) in [5.74, 6) is 1.57. The van der Waals surface area contributed by atoms with Crippen LogP contribution in [0.15, 0.2) is 42.5 Å². The first-order valence-corrected chi connectivity index (χ1v) is 11.0. The van der Waals surface area contributed by atoms with E-state index < -0.39 is 19.0 Å². The predicted octanol–water partition coefficient (Wildman–Crippen LogP) is 4.53. The van der Waals surface area contributed by atoms with Gasteiger partial charge in [-0.2, -0.15) is 0 Å². The molecule has 2 aromatic rings. The van der Waals surface area contributed by atoms with Gasteiger partial charge in [0.05, 0.1) is 16.1 Å². The van der Waals surface area contributed by atoms with Crippen molar-refractivity contribution in [3.8, 4) is 22.6 Å². The average molecular weight is 357 g/mol. The Bertz CT molecular complexity index is 880. The van der Waals surface area contributed by atoms with E-state index in [1.807, 2.05) is 19.6 Å². The van der Waals surface area contributed by atoms with Crippen molar-refractivity contribution < 1.29 is 19.2 Å². The van der Waals surface area contributed by atoms with E-state index in [9.17, 15) is 19.4 Å². The number of carbonyl (C=O) groups is 1. The van der Waals surface area contributed by atoms with Crippen molar-refractivity contribution in [3.05, 3.63) is 63.7 Å². The van der Waals surface area contributed by atoms with Gasteiger partial charge >= 0.3 is 5.97 Å². The fraction of sp³-hybridized carbons (Fsp3) is 0.167. The SMILES string of the molecule is C[Si](C)(C)C#Cc1ccc(C(=O)OF)c(-c2ccccc2)c1[N+](=O)[O-]. The second-order valence-corrected chi connectivity index (χ2v) is 11.1. The summed E-state index contributed by atoms with van der Waals surface area (Å²) in [5, 5.41) is 11.7. The molecule has 0 bridgehead atoms. The Morgan fingerprint density at radius 2 is 1.80 bits per heavy atom. The van der Waals surface area contributed by atoms with Crippen LogP contribution in [-0.4, -0.2) is 19.0 Å². The lowest BCUT2D eigenvalue weighted by molar-refractivity contribution is -0.384. The van der Waals surface area contributed by atoms with E-state index in [-0.39, 0.29) is 22.4 Å². The lowest BCUT2D eigenvalue weighted by Gasteiger charge is -2.10. The largest absolute Gasteiger partial charge is 0.380 e. The summed E-state index contributed by atoms with van der Waals surface area (Å²) in [7, 11) is -1.77. The molecule has 0 N–H and O–H groups in total. The highest BCUT2D eigenvalue weighted by Gasteiger charge is 2.28. The molecule has 0 saturated carbocycles. The molecule has 0 radical (unpaired) electrons. The third kappa shape index (κ3) is 4.31. The summed E-state index contributed by atoms with van der Waals surface area (Å²) in [5.41, 5.74) is 3.10. The van der Waals surface area contributed by atoms with Crippen LogP contribution in [0.4, 0.5) is 10.2 Å². The van der Waals surface area contributed by atoms with E-state index in [0.29, 0.717) is 5.56 Å². The molecule has 0 atom stereocenters. The van der Waals surface area contributed by atoms with Crippen molar-refractivity contribution in [1.29, 1.82) is 0 Å². The molecule has 7 heteroatoms. The number of rotatable bonds is 3. The molecule has 0 aliphatic rings. The zero-order chi connectivity index (χ0) is 18.6. The van der Waals surface area contributed by atoms with Gasteiger partial charge in [-0.15, -0.1) is 5.54 Å². The number of nitro groups is 1. The minimum Gasteiger partial charge on any atom is -0.258 e. The third-order valence-electron chi connectivity index (χ3n) is 3.29. The highest BCUT2D eigenvalue weighted by molar-refractivity contribution is 6.83. The Morgan fingerprint density at radius 3 is 2.32 bits per heavy atom.